The number of carbonyl (C=O) groups excluding carboxylic acids is 3. The van der Waals surface area contributed by atoms with Crippen LogP contribution >= 0.6 is 0 Å². The van der Waals surface area contributed by atoms with Crippen LogP contribution in [0.4, 0.5) is 21.0 Å². The molecule has 0 spiro atoms. The van der Waals surface area contributed by atoms with E-state index in [1.54, 1.807) is 70.8 Å². The predicted octanol–water partition coefficient (Wildman–Crippen LogP) is 3.96. The number of amides is 2. The SMILES string of the molecule is CC(C)(C)OC(=O)Nc1ccc(N2C(C=O)CCN2C(=O)OC(C)(C)C)cc1. The first-order valence-corrected chi connectivity index (χ1v) is 9.25. The van der Waals surface area contributed by atoms with Gasteiger partial charge in [-0.3, -0.25) is 10.3 Å². The lowest BCUT2D eigenvalue weighted by Gasteiger charge is -2.33. The van der Waals surface area contributed by atoms with Crippen molar-refractivity contribution < 1.29 is 23.9 Å². The van der Waals surface area contributed by atoms with Crippen LogP contribution in [0.15, 0.2) is 24.3 Å². The Hall–Kier alpha value is -2.77. The fraction of sp³-hybridized carbons (Fsp3) is 0.550. The number of hydrogen-bond acceptors (Lipinski definition) is 6. The molecule has 1 unspecified atom stereocenters. The molecule has 0 saturated carbocycles. The lowest BCUT2D eigenvalue weighted by atomic mass is 10.2. The highest BCUT2D eigenvalue weighted by molar-refractivity contribution is 5.85. The maximum absolute atomic E-state index is 12.5. The zero-order valence-corrected chi connectivity index (χ0v) is 17.3. The molecule has 8 nitrogen and oxygen atoms in total. The second-order valence-corrected chi connectivity index (χ2v) is 8.61. The summed E-state index contributed by atoms with van der Waals surface area (Å²) in [5, 5.41) is 5.71. The molecule has 28 heavy (non-hydrogen) atoms. The average molecular weight is 391 g/mol. The summed E-state index contributed by atoms with van der Waals surface area (Å²) in [4.78, 5) is 35.9. The van der Waals surface area contributed by atoms with Gasteiger partial charge in [-0.05, 0) is 72.2 Å². The van der Waals surface area contributed by atoms with Gasteiger partial charge in [0.1, 0.15) is 23.5 Å². The van der Waals surface area contributed by atoms with Crippen LogP contribution in [-0.2, 0) is 14.3 Å². The third-order valence-electron chi connectivity index (χ3n) is 3.75. The van der Waals surface area contributed by atoms with Gasteiger partial charge in [0.25, 0.3) is 0 Å². The summed E-state index contributed by atoms with van der Waals surface area (Å²) >= 11 is 0. The van der Waals surface area contributed by atoms with Gasteiger partial charge < -0.3 is 14.3 Å². The highest BCUT2D eigenvalue weighted by atomic mass is 16.6. The van der Waals surface area contributed by atoms with Gasteiger partial charge in [0.2, 0.25) is 0 Å². The molecule has 1 heterocycles. The Morgan fingerprint density at radius 1 is 1.04 bits per heavy atom. The Morgan fingerprint density at radius 3 is 2.11 bits per heavy atom. The fourth-order valence-electron chi connectivity index (χ4n) is 2.73. The number of benzene rings is 1. The van der Waals surface area contributed by atoms with Gasteiger partial charge in [0.05, 0.1) is 5.69 Å². The Labute approximate surface area is 165 Å². The first-order chi connectivity index (χ1) is 12.9. The number of nitrogens with one attached hydrogen (secondary N) is 1. The summed E-state index contributed by atoms with van der Waals surface area (Å²) in [6, 6.07) is 6.37. The van der Waals surface area contributed by atoms with Crippen molar-refractivity contribution in [1.82, 2.24) is 5.01 Å². The van der Waals surface area contributed by atoms with Gasteiger partial charge in [-0.25, -0.2) is 14.6 Å². The van der Waals surface area contributed by atoms with Crippen molar-refractivity contribution in [3.8, 4) is 0 Å². The van der Waals surface area contributed by atoms with Crippen molar-refractivity contribution in [3.63, 3.8) is 0 Å². The summed E-state index contributed by atoms with van der Waals surface area (Å²) in [6.45, 7) is 11.1. The first kappa shape index (κ1) is 21.5. The molecule has 1 N–H and O–H groups in total. The van der Waals surface area contributed by atoms with Crippen molar-refractivity contribution in [2.75, 3.05) is 16.9 Å². The first-order valence-electron chi connectivity index (χ1n) is 9.25. The van der Waals surface area contributed by atoms with Gasteiger partial charge in [-0.15, -0.1) is 0 Å². The average Bonchev–Trinajstić information content (AvgIpc) is 2.96. The molecule has 1 aromatic carbocycles. The Balaban J connectivity index is 2.15. The third kappa shape index (κ3) is 5.87. The van der Waals surface area contributed by atoms with E-state index in [9.17, 15) is 14.4 Å². The summed E-state index contributed by atoms with van der Waals surface area (Å²) in [6.07, 6.45) is 0.271. The lowest BCUT2D eigenvalue weighted by molar-refractivity contribution is -0.108. The van der Waals surface area contributed by atoms with Gasteiger partial charge in [0.15, 0.2) is 0 Å². The molecule has 1 aliphatic heterocycles. The van der Waals surface area contributed by atoms with E-state index in [2.05, 4.69) is 5.32 Å². The molecule has 0 aliphatic carbocycles. The van der Waals surface area contributed by atoms with E-state index in [4.69, 9.17) is 9.47 Å². The quantitative estimate of drug-likeness (QED) is 0.785. The third-order valence-corrected chi connectivity index (χ3v) is 3.75. The summed E-state index contributed by atoms with van der Waals surface area (Å²) in [7, 11) is 0. The molecule has 1 aliphatic rings. The molecule has 0 radical (unpaired) electrons. The summed E-state index contributed by atoms with van der Waals surface area (Å²) in [5.74, 6) is 0. The van der Waals surface area contributed by atoms with E-state index in [0.29, 0.717) is 24.3 Å². The van der Waals surface area contributed by atoms with Crippen LogP contribution in [0.2, 0.25) is 0 Å². The standard InChI is InChI=1S/C20H29N3O5/c1-19(2,3)27-17(25)21-14-7-9-15(10-8-14)23-16(13-24)11-12-22(23)18(26)28-20(4,5)6/h7-10,13,16H,11-12H2,1-6H3,(H,21,25). The van der Waals surface area contributed by atoms with E-state index in [1.165, 1.54) is 5.01 Å². The monoisotopic (exact) mass is 391 g/mol. The second kappa shape index (κ2) is 8.08. The van der Waals surface area contributed by atoms with Crippen LogP contribution in [0.3, 0.4) is 0 Å². The molecule has 0 bridgehead atoms. The molecular formula is C20H29N3O5. The smallest absolute Gasteiger partial charge is 0.429 e. The molecule has 8 heteroatoms. The van der Waals surface area contributed by atoms with Gasteiger partial charge >= 0.3 is 12.2 Å². The lowest BCUT2D eigenvalue weighted by Crippen LogP contribution is -2.47. The van der Waals surface area contributed by atoms with Gasteiger partial charge in [-0.1, -0.05) is 0 Å². The maximum Gasteiger partial charge on any atom is 0.429 e. The molecule has 1 aromatic rings. The Kier molecular flexibility index (Phi) is 6.21. The van der Waals surface area contributed by atoms with Crippen LogP contribution in [0, 0.1) is 0 Å². The van der Waals surface area contributed by atoms with Crippen molar-refractivity contribution >= 4 is 29.8 Å². The minimum absolute atomic E-state index is 0.385. The highest BCUT2D eigenvalue weighted by Crippen LogP contribution is 2.28. The summed E-state index contributed by atoms with van der Waals surface area (Å²) < 4.78 is 10.7. The van der Waals surface area contributed by atoms with Crippen molar-refractivity contribution in [3.05, 3.63) is 24.3 Å². The number of hydrogen-bond donors (Lipinski definition) is 1. The number of rotatable bonds is 3. The zero-order valence-electron chi connectivity index (χ0n) is 17.3. The minimum Gasteiger partial charge on any atom is -0.444 e. The molecule has 1 fully saturated rings. The molecule has 1 saturated heterocycles. The molecule has 2 rings (SSSR count). The van der Waals surface area contributed by atoms with Gasteiger partial charge in [0, 0.05) is 12.2 Å². The molecular weight excluding hydrogens is 362 g/mol. The molecule has 0 aromatic heterocycles. The van der Waals surface area contributed by atoms with Crippen LogP contribution in [0.5, 0.6) is 0 Å². The predicted molar refractivity (Wildman–Crippen MR) is 106 cm³/mol. The number of carbonyl (C=O) groups is 3. The minimum atomic E-state index is -0.636. The molecule has 1 atom stereocenters. The van der Waals surface area contributed by atoms with E-state index in [-0.39, 0.29) is 0 Å². The molecule has 154 valence electrons. The van der Waals surface area contributed by atoms with E-state index in [0.717, 1.165) is 6.29 Å². The van der Waals surface area contributed by atoms with E-state index in [1.807, 2.05) is 0 Å². The fourth-order valence-corrected chi connectivity index (χ4v) is 2.73. The zero-order chi connectivity index (χ0) is 21.1. The van der Waals surface area contributed by atoms with E-state index < -0.39 is 29.4 Å². The van der Waals surface area contributed by atoms with Crippen LogP contribution < -0.4 is 10.3 Å². The van der Waals surface area contributed by atoms with E-state index >= 15 is 0 Å². The second-order valence-electron chi connectivity index (χ2n) is 8.61. The maximum atomic E-state index is 12.5. The van der Waals surface area contributed by atoms with Crippen LogP contribution in [-0.4, -0.2) is 47.3 Å². The van der Waals surface area contributed by atoms with Crippen molar-refractivity contribution in [2.45, 2.75) is 65.2 Å². The van der Waals surface area contributed by atoms with Gasteiger partial charge in [-0.2, -0.15) is 0 Å². The van der Waals surface area contributed by atoms with Crippen molar-refractivity contribution in [2.24, 2.45) is 0 Å². The topological polar surface area (TPSA) is 88.2 Å². The number of anilines is 2. The van der Waals surface area contributed by atoms with Crippen molar-refractivity contribution in [1.29, 1.82) is 0 Å². The Morgan fingerprint density at radius 2 is 1.61 bits per heavy atom. The largest absolute Gasteiger partial charge is 0.444 e. The number of aldehydes is 1. The van der Waals surface area contributed by atoms with Crippen LogP contribution in [0.1, 0.15) is 48.0 Å². The Bertz CT molecular complexity index is 719. The molecule has 2 amide bonds. The van der Waals surface area contributed by atoms with Crippen LogP contribution in [0.25, 0.3) is 0 Å². The number of nitrogens with zero attached hydrogens (tertiary/aromatic N) is 2. The highest BCUT2D eigenvalue weighted by Gasteiger charge is 2.37. The number of hydrazine groups is 1. The normalized spacial score (nSPS) is 17.3. The summed E-state index contributed by atoms with van der Waals surface area (Å²) in [5.41, 5.74) is -0.0349. The number of ether oxygens (including phenoxy) is 2.